The minimum Gasteiger partial charge on any atom is -0.304 e. The zero-order valence-corrected chi connectivity index (χ0v) is 16.1. The molecule has 1 heterocycles. The summed E-state index contributed by atoms with van der Waals surface area (Å²) in [5.74, 6) is 2.35. The number of hydrogen-bond donors (Lipinski definition) is 0. The quantitative estimate of drug-likeness (QED) is 0.433. The summed E-state index contributed by atoms with van der Waals surface area (Å²) in [6.45, 7) is 2.27. The number of benzene rings is 3. The highest BCUT2D eigenvalue weighted by atomic mass is 35.5. The average Bonchev–Trinajstić information content (AvgIpc) is 3.02. The van der Waals surface area contributed by atoms with Crippen molar-refractivity contribution < 1.29 is 4.79 Å². The van der Waals surface area contributed by atoms with Crippen molar-refractivity contribution in [1.82, 2.24) is 4.57 Å². The zero-order chi connectivity index (χ0) is 19.0. The number of nitrogens with zero attached hydrogens (tertiary/aromatic N) is 2. The Bertz CT molecular complexity index is 1310. The molecule has 4 rings (SSSR count). The number of rotatable bonds is 2. The lowest BCUT2D eigenvalue weighted by Gasteiger charge is -2.04. The van der Waals surface area contributed by atoms with Gasteiger partial charge in [-0.2, -0.15) is 4.99 Å². The minimum atomic E-state index is -0.290. The summed E-state index contributed by atoms with van der Waals surface area (Å²) in [5, 5.41) is 2.76. The third-order valence-corrected chi connectivity index (χ3v) is 5.93. The van der Waals surface area contributed by atoms with E-state index in [2.05, 4.69) is 10.9 Å². The number of aryl methyl sites for hydroxylation is 1. The van der Waals surface area contributed by atoms with Crippen molar-refractivity contribution in [3.63, 3.8) is 0 Å². The number of carbonyl (C=O) groups is 1. The molecule has 3 nitrogen and oxygen atoms in total. The van der Waals surface area contributed by atoms with Crippen molar-refractivity contribution in [1.29, 1.82) is 0 Å². The van der Waals surface area contributed by atoms with E-state index in [4.69, 9.17) is 18.0 Å². The minimum absolute atomic E-state index is 0.290. The molecule has 0 spiro atoms. The van der Waals surface area contributed by atoms with E-state index in [0.29, 0.717) is 21.9 Å². The highest BCUT2D eigenvalue weighted by Gasteiger charge is 2.12. The Hall–Kier alpha value is -2.87. The van der Waals surface area contributed by atoms with Gasteiger partial charge in [-0.3, -0.25) is 4.79 Å². The van der Waals surface area contributed by atoms with Crippen LogP contribution in [0, 0.1) is 19.3 Å². The smallest absolute Gasteiger partial charge is 0.279 e. The summed E-state index contributed by atoms with van der Waals surface area (Å²) in [6.07, 6.45) is 5.55. The maximum Gasteiger partial charge on any atom is 0.279 e. The standard InChI is InChI=1S/C22H15ClN2OS/c1-3-12-25-20-14(2)18(23)10-11-19(20)27-22(25)24-21(26)17-9-8-15-6-4-5-7-16(15)13-17/h1,4-11,13H,12H2,2H3. The summed E-state index contributed by atoms with van der Waals surface area (Å²) in [5.41, 5.74) is 2.41. The molecule has 0 aliphatic carbocycles. The van der Waals surface area contributed by atoms with Gasteiger partial charge in [-0.15, -0.1) is 6.42 Å². The Morgan fingerprint density at radius 3 is 2.74 bits per heavy atom. The summed E-state index contributed by atoms with van der Waals surface area (Å²) in [4.78, 5) is 17.7. The van der Waals surface area contributed by atoms with Gasteiger partial charge < -0.3 is 4.57 Å². The second kappa shape index (κ2) is 7.03. The Balaban J connectivity index is 1.88. The van der Waals surface area contributed by atoms with Gasteiger partial charge in [0, 0.05) is 10.6 Å². The van der Waals surface area contributed by atoms with Gasteiger partial charge in [0.2, 0.25) is 0 Å². The van der Waals surface area contributed by atoms with Crippen LogP contribution in [0.4, 0.5) is 0 Å². The first-order valence-electron chi connectivity index (χ1n) is 8.38. The number of amides is 1. The molecule has 0 aliphatic rings. The van der Waals surface area contributed by atoms with E-state index in [9.17, 15) is 4.79 Å². The van der Waals surface area contributed by atoms with Gasteiger partial charge in [-0.05, 0) is 47.5 Å². The van der Waals surface area contributed by atoms with Crippen LogP contribution in [0.3, 0.4) is 0 Å². The van der Waals surface area contributed by atoms with Crippen LogP contribution in [0.2, 0.25) is 5.02 Å². The monoisotopic (exact) mass is 390 g/mol. The highest BCUT2D eigenvalue weighted by Crippen LogP contribution is 2.27. The van der Waals surface area contributed by atoms with Crippen LogP contribution in [-0.4, -0.2) is 10.5 Å². The molecule has 27 heavy (non-hydrogen) atoms. The molecule has 1 amide bonds. The number of fused-ring (bicyclic) bond motifs is 2. The van der Waals surface area contributed by atoms with Crippen LogP contribution >= 0.6 is 22.9 Å². The van der Waals surface area contributed by atoms with Crippen molar-refractivity contribution >= 4 is 49.8 Å². The molecule has 1 aromatic heterocycles. The lowest BCUT2D eigenvalue weighted by molar-refractivity contribution is 0.0998. The normalized spacial score (nSPS) is 11.8. The van der Waals surface area contributed by atoms with Crippen LogP contribution in [-0.2, 0) is 6.54 Å². The van der Waals surface area contributed by atoms with Crippen molar-refractivity contribution in [2.75, 3.05) is 0 Å². The summed E-state index contributed by atoms with van der Waals surface area (Å²) in [6, 6.07) is 17.3. The molecular weight excluding hydrogens is 376 g/mol. The van der Waals surface area contributed by atoms with Gasteiger partial charge in [-0.1, -0.05) is 59.2 Å². The fraction of sp³-hybridized carbons (Fsp3) is 0.0909. The molecular formula is C22H15ClN2OS. The van der Waals surface area contributed by atoms with Gasteiger partial charge >= 0.3 is 0 Å². The Kier molecular flexibility index (Phi) is 4.57. The van der Waals surface area contributed by atoms with E-state index in [1.54, 1.807) is 6.07 Å². The number of halogens is 1. The molecule has 4 aromatic rings. The predicted octanol–water partition coefficient (Wildman–Crippen LogP) is 5.19. The molecule has 0 saturated carbocycles. The third kappa shape index (κ3) is 3.16. The number of aromatic nitrogens is 1. The third-order valence-electron chi connectivity index (χ3n) is 4.47. The number of thiazole rings is 1. The average molecular weight is 391 g/mol. The number of hydrogen-bond acceptors (Lipinski definition) is 2. The van der Waals surface area contributed by atoms with Gasteiger partial charge in [0.25, 0.3) is 5.91 Å². The first-order valence-corrected chi connectivity index (χ1v) is 9.57. The highest BCUT2D eigenvalue weighted by molar-refractivity contribution is 7.16. The second-order valence-corrected chi connectivity index (χ2v) is 7.59. The SMILES string of the molecule is C#CCn1c(=NC(=O)c2ccc3ccccc3c2)sc2ccc(Cl)c(C)c21. The van der Waals surface area contributed by atoms with Crippen molar-refractivity contribution in [2.24, 2.45) is 4.99 Å². The zero-order valence-electron chi connectivity index (χ0n) is 14.6. The van der Waals surface area contributed by atoms with Gasteiger partial charge in [0.05, 0.1) is 16.8 Å². The molecule has 0 saturated heterocycles. The van der Waals surface area contributed by atoms with Crippen molar-refractivity contribution in [2.45, 2.75) is 13.5 Å². The van der Waals surface area contributed by atoms with Crippen LogP contribution in [0.5, 0.6) is 0 Å². The van der Waals surface area contributed by atoms with Crippen LogP contribution in [0.1, 0.15) is 15.9 Å². The largest absolute Gasteiger partial charge is 0.304 e. The first-order chi connectivity index (χ1) is 13.1. The van der Waals surface area contributed by atoms with E-state index in [-0.39, 0.29) is 5.91 Å². The number of carbonyl (C=O) groups excluding carboxylic acids is 1. The lowest BCUT2D eigenvalue weighted by Crippen LogP contribution is -2.17. The van der Waals surface area contributed by atoms with E-state index in [1.165, 1.54) is 11.3 Å². The molecule has 0 N–H and O–H groups in total. The molecule has 0 atom stereocenters. The molecule has 132 valence electrons. The molecule has 0 fully saturated rings. The lowest BCUT2D eigenvalue weighted by atomic mass is 10.1. The van der Waals surface area contributed by atoms with Crippen LogP contribution < -0.4 is 4.80 Å². The van der Waals surface area contributed by atoms with E-state index in [0.717, 1.165) is 26.6 Å². The molecule has 0 radical (unpaired) electrons. The first kappa shape index (κ1) is 17.5. The topological polar surface area (TPSA) is 34.4 Å². The van der Waals surface area contributed by atoms with Crippen LogP contribution in [0.25, 0.3) is 21.0 Å². The van der Waals surface area contributed by atoms with E-state index in [1.807, 2.05) is 60.0 Å². The maximum absolute atomic E-state index is 12.8. The van der Waals surface area contributed by atoms with E-state index < -0.39 is 0 Å². The summed E-state index contributed by atoms with van der Waals surface area (Å²) >= 11 is 7.70. The Morgan fingerprint density at radius 2 is 1.96 bits per heavy atom. The number of terminal acetylenes is 1. The van der Waals surface area contributed by atoms with Gasteiger partial charge in [0.15, 0.2) is 4.80 Å². The molecule has 0 aliphatic heterocycles. The maximum atomic E-state index is 12.8. The molecule has 3 aromatic carbocycles. The van der Waals surface area contributed by atoms with Gasteiger partial charge in [-0.25, -0.2) is 0 Å². The van der Waals surface area contributed by atoms with Gasteiger partial charge in [0.1, 0.15) is 0 Å². The molecule has 0 unspecified atom stereocenters. The fourth-order valence-corrected chi connectivity index (χ4v) is 4.35. The summed E-state index contributed by atoms with van der Waals surface area (Å²) < 4.78 is 2.87. The fourth-order valence-electron chi connectivity index (χ4n) is 3.11. The second-order valence-electron chi connectivity index (χ2n) is 6.17. The summed E-state index contributed by atoms with van der Waals surface area (Å²) in [7, 11) is 0. The molecule has 5 heteroatoms. The van der Waals surface area contributed by atoms with E-state index >= 15 is 0 Å². The van der Waals surface area contributed by atoms with Crippen molar-refractivity contribution in [3.05, 3.63) is 75.5 Å². The Morgan fingerprint density at radius 1 is 1.19 bits per heavy atom. The Labute approximate surface area is 165 Å². The van der Waals surface area contributed by atoms with Crippen molar-refractivity contribution in [3.8, 4) is 12.3 Å². The van der Waals surface area contributed by atoms with Crippen LogP contribution in [0.15, 0.2) is 59.6 Å². The predicted molar refractivity (Wildman–Crippen MR) is 112 cm³/mol. The molecule has 0 bridgehead atoms.